The third kappa shape index (κ3) is 4.36. The summed E-state index contributed by atoms with van der Waals surface area (Å²) in [6.07, 6.45) is 0.662. The van der Waals surface area contributed by atoms with Crippen molar-refractivity contribution in [1.82, 2.24) is 0 Å². The zero-order valence-corrected chi connectivity index (χ0v) is 11.2. The summed E-state index contributed by atoms with van der Waals surface area (Å²) >= 11 is 6.03. The van der Waals surface area contributed by atoms with Crippen molar-refractivity contribution in [2.45, 2.75) is 33.2 Å². The normalized spacial score (nSPS) is 12.6. The average molecular weight is 255 g/mol. The highest BCUT2D eigenvalue weighted by Gasteiger charge is 2.15. The molecule has 0 fully saturated rings. The van der Waals surface area contributed by atoms with Crippen LogP contribution in [0.3, 0.4) is 0 Å². The Hall–Kier alpha value is -1.06. The van der Waals surface area contributed by atoms with Crippen molar-refractivity contribution >= 4 is 23.2 Å². The largest absolute Gasteiger partial charge is 0.323 e. The Balaban J connectivity index is 2.67. The van der Waals surface area contributed by atoms with Crippen molar-refractivity contribution in [3.63, 3.8) is 0 Å². The van der Waals surface area contributed by atoms with Gasteiger partial charge in [-0.1, -0.05) is 31.5 Å². The van der Waals surface area contributed by atoms with E-state index in [1.807, 2.05) is 32.9 Å². The SMILES string of the molecule is Cc1ccc(NC(=O)[C@H](N)CC(C)C)c(Cl)c1. The van der Waals surface area contributed by atoms with Crippen LogP contribution >= 0.6 is 11.6 Å². The van der Waals surface area contributed by atoms with Crippen LogP contribution in [0.4, 0.5) is 5.69 Å². The number of halogens is 1. The second kappa shape index (κ2) is 6.03. The van der Waals surface area contributed by atoms with Gasteiger partial charge in [-0.2, -0.15) is 0 Å². The number of carbonyl (C=O) groups excluding carboxylic acids is 1. The molecule has 0 bridgehead atoms. The highest BCUT2D eigenvalue weighted by atomic mass is 35.5. The molecule has 0 aliphatic carbocycles. The van der Waals surface area contributed by atoms with Crippen LogP contribution in [0, 0.1) is 12.8 Å². The van der Waals surface area contributed by atoms with Crippen LogP contribution in [0.5, 0.6) is 0 Å². The van der Waals surface area contributed by atoms with Crippen LogP contribution < -0.4 is 11.1 Å². The maximum atomic E-state index is 11.8. The molecule has 0 unspecified atom stereocenters. The second-order valence-corrected chi connectivity index (χ2v) is 5.12. The van der Waals surface area contributed by atoms with Gasteiger partial charge in [-0.05, 0) is 37.0 Å². The van der Waals surface area contributed by atoms with Crippen LogP contribution in [0.1, 0.15) is 25.8 Å². The minimum absolute atomic E-state index is 0.190. The van der Waals surface area contributed by atoms with Crippen LogP contribution in [0.15, 0.2) is 18.2 Å². The number of amides is 1. The fourth-order valence-corrected chi connectivity index (χ4v) is 1.84. The van der Waals surface area contributed by atoms with Crippen LogP contribution in [0.25, 0.3) is 0 Å². The Morgan fingerprint density at radius 3 is 2.65 bits per heavy atom. The Bertz CT molecular complexity index is 404. The highest BCUT2D eigenvalue weighted by Crippen LogP contribution is 2.22. The van der Waals surface area contributed by atoms with Gasteiger partial charge in [-0.15, -0.1) is 0 Å². The van der Waals surface area contributed by atoms with Gasteiger partial charge in [0.05, 0.1) is 16.8 Å². The number of hydrogen-bond acceptors (Lipinski definition) is 2. The second-order valence-electron chi connectivity index (χ2n) is 4.71. The summed E-state index contributed by atoms with van der Waals surface area (Å²) < 4.78 is 0. The molecule has 1 aromatic rings. The van der Waals surface area contributed by atoms with E-state index in [9.17, 15) is 4.79 Å². The molecule has 3 nitrogen and oxygen atoms in total. The Labute approximate surface area is 107 Å². The van der Waals surface area contributed by atoms with Gasteiger partial charge in [-0.3, -0.25) is 4.79 Å². The quantitative estimate of drug-likeness (QED) is 0.868. The molecule has 1 aromatic carbocycles. The smallest absolute Gasteiger partial charge is 0.241 e. The monoisotopic (exact) mass is 254 g/mol. The molecule has 1 atom stereocenters. The fraction of sp³-hybridized carbons (Fsp3) is 0.462. The van der Waals surface area contributed by atoms with E-state index in [2.05, 4.69) is 5.32 Å². The molecular weight excluding hydrogens is 236 g/mol. The number of hydrogen-bond donors (Lipinski definition) is 2. The first-order valence-corrected chi connectivity index (χ1v) is 6.10. The van der Waals surface area contributed by atoms with E-state index in [0.717, 1.165) is 5.56 Å². The van der Waals surface area contributed by atoms with Crippen molar-refractivity contribution in [2.24, 2.45) is 11.7 Å². The molecule has 0 aliphatic rings. The summed E-state index contributed by atoms with van der Waals surface area (Å²) in [7, 11) is 0. The molecule has 0 spiro atoms. The van der Waals surface area contributed by atoms with Crippen LogP contribution in [-0.4, -0.2) is 11.9 Å². The van der Waals surface area contributed by atoms with Crippen molar-refractivity contribution in [3.05, 3.63) is 28.8 Å². The first-order valence-electron chi connectivity index (χ1n) is 5.72. The van der Waals surface area contributed by atoms with E-state index in [4.69, 9.17) is 17.3 Å². The van der Waals surface area contributed by atoms with E-state index >= 15 is 0 Å². The number of nitrogens with two attached hydrogens (primary N) is 1. The van der Waals surface area contributed by atoms with E-state index in [1.165, 1.54) is 0 Å². The standard InChI is InChI=1S/C13H19ClN2O/c1-8(2)6-11(15)13(17)16-12-5-4-9(3)7-10(12)14/h4-5,7-8,11H,6,15H2,1-3H3,(H,16,17)/t11-/m1/s1. The van der Waals surface area contributed by atoms with Gasteiger partial charge < -0.3 is 11.1 Å². The molecule has 17 heavy (non-hydrogen) atoms. The highest BCUT2D eigenvalue weighted by molar-refractivity contribution is 6.33. The van der Waals surface area contributed by atoms with Crippen molar-refractivity contribution in [2.75, 3.05) is 5.32 Å². The lowest BCUT2D eigenvalue weighted by molar-refractivity contribution is -0.117. The molecule has 4 heteroatoms. The molecule has 1 amide bonds. The minimum atomic E-state index is -0.493. The maximum absolute atomic E-state index is 11.8. The Morgan fingerprint density at radius 1 is 1.47 bits per heavy atom. The van der Waals surface area contributed by atoms with E-state index in [-0.39, 0.29) is 5.91 Å². The molecular formula is C13H19ClN2O. The number of nitrogens with one attached hydrogen (secondary N) is 1. The van der Waals surface area contributed by atoms with Crippen LogP contribution in [0.2, 0.25) is 5.02 Å². The predicted octanol–water partition coefficient (Wildman–Crippen LogP) is 2.96. The number of rotatable bonds is 4. The zero-order chi connectivity index (χ0) is 13.0. The molecule has 94 valence electrons. The summed E-state index contributed by atoms with van der Waals surface area (Å²) in [4.78, 5) is 11.8. The summed E-state index contributed by atoms with van der Waals surface area (Å²) in [5.41, 5.74) is 7.46. The van der Waals surface area contributed by atoms with E-state index in [0.29, 0.717) is 23.0 Å². The summed E-state index contributed by atoms with van der Waals surface area (Å²) in [6.45, 7) is 6.01. The van der Waals surface area contributed by atoms with Gasteiger partial charge in [0.2, 0.25) is 5.91 Å². The number of benzene rings is 1. The van der Waals surface area contributed by atoms with Gasteiger partial charge in [0.25, 0.3) is 0 Å². The predicted molar refractivity (Wildman–Crippen MR) is 72.2 cm³/mol. The molecule has 0 saturated carbocycles. The lowest BCUT2D eigenvalue weighted by Gasteiger charge is -2.15. The lowest BCUT2D eigenvalue weighted by Crippen LogP contribution is -2.36. The zero-order valence-electron chi connectivity index (χ0n) is 10.5. The molecule has 3 N–H and O–H groups in total. The number of carbonyl (C=O) groups is 1. The molecule has 0 radical (unpaired) electrons. The molecule has 0 aromatic heterocycles. The number of anilines is 1. The van der Waals surface area contributed by atoms with Gasteiger partial charge in [0.15, 0.2) is 0 Å². The topological polar surface area (TPSA) is 55.1 Å². The fourth-order valence-electron chi connectivity index (χ4n) is 1.56. The van der Waals surface area contributed by atoms with Gasteiger partial charge in [0, 0.05) is 0 Å². The third-order valence-corrected chi connectivity index (χ3v) is 2.76. The Kier molecular flexibility index (Phi) is 4.97. The molecule has 1 rings (SSSR count). The summed E-state index contributed by atoms with van der Waals surface area (Å²) in [5, 5.41) is 3.28. The third-order valence-electron chi connectivity index (χ3n) is 2.44. The van der Waals surface area contributed by atoms with Gasteiger partial charge >= 0.3 is 0 Å². The first-order chi connectivity index (χ1) is 7.90. The lowest BCUT2D eigenvalue weighted by atomic mass is 10.0. The Morgan fingerprint density at radius 2 is 2.12 bits per heavy atom. The van der Waals surface area contributed by atoms with Gasteiger partial charge in [0.1, 0.15) is 0 Å². The minimum Gasteiger partial charge on any atom is -0.323 e. The van der Waals surface area contributed by atoms with E-state index < -0.39 is 6.04 Å². The maximum Gasteiger partial charge on any atom is 0.241 e. The van der Waals surface area contributed by atoms with Gasteiger partial charge in [-0.25, -0.2) is 0 Å². The molecule has 0 aliphatic heterocycles. The summed E-state index contributed by atoms with van der Waals surface area (Å²) in [5.74, 6) is 0.202. The summed E-state index contributed by atoms with van der Waals surface area (Å²) in [6, 6.07) is 5.01. The first kappa shape index (κ1) is 14.0. The van der Waals surface area contributed by atoms with Crippen molar-refractivity contribution in [1.29, 1.82) is 0 Å². The average Bonchev–Trinajstić information content (AvgIpc) is 2.21. The molecule has 0 heterocycles. The molecule has 0 saturated heterocycles. The van der Waals surface area contributed by atoms with Crippen molar-refractivity contribution < 1.29 is 4.79 Å². The van der Waals surface area contributed by atoms with E-state index in [1.54, 1.807) is 6.07 Å². The number of aryl methyl sites for hydroxylation is 1. The van der Waals surface area contributed by atoms with Crippen LogP contribution in [-0.2, 0) is 4.79 Å². The van der Waals surface area contributed by atoms with Crippen molar-refractivity contribution in [3.8, 4) is 0 Å².